The van der Waals surface area contributed by atoms with Crippen molar-refractivity contribution in [1.29, 1.82) is 0 Å². The fourth-order valence-electron chi connectivity index (χ4n) is 2.16. The number of amides is 1. The highest BCUT2D eigenvalue weighted by Gasteiger charge is 2.02. The molecule has 1 heterocycles. The zero-order chi connectivity index (χ0) is 15.1. The van der Waals surface area contributed by atoms with Crippen LogP contribution in [0, 0.1) is 13.8 Å². The number of carbonyl (C=O) groups excluding carboxylic acids is 1. The van der Waals surface area contributed by atoms with Gasteiger partial charge in [-0.15, -0.1) is 0 Å². The molecule has 0 saturated heterocycles. The van der Waals surface area contributed by atoms with Gasteiger partial charge < -0.3 is 10.6 Å². The molecule has 0 unspecified atom stereocenters. The van der Waals surface area contributed by atoms with Crippen molar-refractivity contribution in [3.05, 3.63) is 47.8 Å². The summed E-state index contributed by atoms with van der Waals surface area (Å²) in [6.45, 7) is 5.81. The minimum Gasteiger partial charge on any atom is -0.376 e. The molecule has 2 aromatic rings. The average Bonchev–Trinajstić information content (AvgIpc) is 2.80. The van der Waals surface area contributed by atoms with Gasteiger partial charge in [0.15, 0.2) is 0 Å². The van der Waals surface area contributed by atoms with Gasteiger partial charge in [0.25, 0.3) is 0 Å². The molecule has 0 bridgehead atoms. The lowest BCUT2D eigenvalue weighted by molar-refractivity contribution is -0.119. The largest absolute Gasteiger partial charge is 0.376 e. The molecule has 1 aromatic carbocycles. The first-order valence-corrected chi connectivity index (χ1v) is 7.22. The molecule has 5 heteroatoms. The molecule has 0 radical (unpaired) electrons. The third-order valence-corrected chi connectivity index (χ3v) is 3.20. The minimum absolute atomic E-state index is 0.00669. The van der Waals surface area contributed by atoms with Crippen molar-refractivity contribution in [1.82, 2.24) is 15.1 Å². The zero-order valence-corrected chi connectivity index (χ0v) is 12.6. The van der Waals surface area contributed by atoms with Crippen LogP contribution in [0.15, 0.2) is 36.4 Å². The smallest absolute Gasteiger partial charge is 0.239 e. The van der Waals surface area contributed by atoms with E-state index in [0.717, 1.165) is 30.0 Å². The van der Waals surface area contributed by atoms with Crippen LogP contribution in [0.2, 0.25) is 0 Å². The lowest BCUT2D eigenvalue weighted by Crippen LogP contribution is -2.31. The number of nitrogens with one attached hydrogen (secondary N) is 2. The van der Waals surface area contributed by atoms with Gasteiger partial charge in [0.05, 0.1) is 12.2 Å². The van der Waals surface area contributed by atoms with Gasteiger partial charge in [-0.05, 0) is 38.5 Å². The maximum absolute atomic E-state index is 11.7. The Morgan fingerprint density at radius 1 is 1.24 bits per heavy atom. The summed E-state index contributed by atoms with van der Waals surface area (Å²) in [5.41, 5.74) is 3.14. The molecule has 0 aliphatic carbocycles. The van der Waals surface area contributed by atoms with E-state index in [1.807, 2.05) is 48.9 Å². The third kappa shape index (κ3) is 4.95. The van der Waals surface area contributed by atoms with Crippen LogP contribution in [0.1, 0.15) is 17.8 Å². The molecule has 0 spiro atoms. The normalized spacial score (nSPS) is 10.4. The number of nitrogens with zero attached hydrogens (tertiary/aromatic N) is 2. The Bertz CT molecular complexity index is 577. The van der Waals surface area contributed by atoms with Crippen LogP contribution in [0.3, 0.4) is 0 Å². The molecule has 0 saturated carbocycles. The van der Waals surface area contributed by atoms with Crippen LogP contribution in [0.4, 0.5) is 5.69 Å². The number of aryl methyl sites for hydroxylation is 3. The number of rotatable bonds is 7. The van der Waals surface area contributed by atoms with Crippen molar-refractivity contribution in [3.63, 3.8) is 0 Å². The number of para-hydroxylation sites is 1. The summed E-state index contributed by atoms with van der Waals surface area (Å²) in [5.74, 6) is 0.00669. The molecule has 0 aliphatic heterocycles. The number of anilines is 1. The second kappa shape index (κ2) is 7.47. The van der Waals surface area contributed by atoms with Crippen LogP contribution in [0.5, 0.6) is 0 Å². The number of carbonyl (C=O) groups is 1. The lowest BCUT2D eigenvalue weighted by Gasteiger charge is -2.08. The van der Waals surface area contributed by atoms with Crippen molar-refractivity contribution in [2.45, 2.75) is 26.8 Å². The average molecular weight is 286 g/mol. The van der Waals surface area contributed by atoms with Crippen LogP contribution in [-0.2, 0) is 11.3 Å². The third-order valence-electron chi connectivity index (χ3n) is 3.20. The van der Waals surface area contributed by atoms with E-state index in [9.17, 15) is 4.79 Å². The molecule has 21 heavy (non-hydrogen) atoms. The Morgan fingerprint density at radius 3 is 2.67 bits per heavy atom. The second-order valence-corrected chi connectivity index (χ2v) is 5.07. The van der Waals surface area contributed by atoms with Crippen molar-refractivity contribution in [3.8, 4) is 0 Å². The molecule has 0 aliphatic rings. The van der Waals surface area contributed by atoms with Gasteiger partial charge in [-0.25, -0.2) is 0 Å². The Hall–Kier alpha value is -2.30. The number of hydrogen-bond acceptors (Lipinski definition) is 3. The van der Waals surface area contributed by atoms with E-state index in [-0.39, 0.29) is 5.91 Å². The summed E-state index contributed by atoms with van der Waals surface area (Å²) in [6, 6.07) is 11.8. The fraction of sp³-hybridized carbons (Fsp3) is 0.375. The van der Waals surface area contributed by atoms with E-state index in [1.165, 1.54) is 0 Å². The number of benzene rings is 1. The maximum Gasteiger partial charge on any atom is 0.239 e. The molecule has 2 N–H and O–H groups in total. The topological polar surface area (TPSA) is 59.0 Å². The highest BCUT2D eigenvalue weighted by Crippen LogP contribution is 2.04. The quantitative estimate of drug-likeness (QED) is 0.767. The summed E-state index contributed by atoms with van der Waals surface area (Å²) in [5, 5.41) is 10.4. The first-order chi connectivity index (χ1) is 10.1. The number of aromatic nitrogens is 2. The summed E-state index contributed by atoms with van der Waals surface area (Å²) < 4.78 is 1.98. The van der Waals surface area contributed by atoms with Crippen molar-refractivity contribution in [2.24, 2.45) is 0 Å². The SMILES string of the molecule is Cc1cc(C)n(CCCNC(=O)CNc2ccccc2)n1. The standard InChI is InChI=1S/C16H22N4O/c1-13-11-14(2)20(19-13)10-6-9-17-16(21)12-18-15-7-4-3-5-8-15/h3-5,7-8,11,18H,6,9-10,12H2,1-2H3,(H,17,21). The zero-order valence-electron chi connectivity index (χ0n) is 12.6. The highest BCUT2D eigenvalue weighted by molar-refractivity contribution is 5.80. The van der Waals surface area contributed by atoms with Crippen LogP contribution in [-0.4, -0.2) is 28.8 Å². The molecule has 1 aromatic heterocycles. The summed E-state index contributed by atoms with van der Waals surface area (Å²) in [4.78, 5) is 11.7. The molecule has 0 fully saturated rings. The van der Waals surface area contributed by atoms with Crippen LogP contribution in [0.25, 0.3) is 0 Å². The van der Waals surface area contributed by atoms with E-state index in [4.69, 9.17) is 0 Å². The van der Waals surface area contributed by atoms with Crippen LogP contribution < -0.4 is 10.6 Å². The van der Waals surface area contributed by atoms with E-state index in [1.54, 1.807) is 0 Å². The lowest BCUT2D eigenvalue weighted by atomic mass is 10.3. The molecular formula is C16H22N4O. The Morgan fingerprint density at radius 2 is 2.00 bits per heavy atom. The van der Waals surface area contributed by atoms with Crippen molar-refractivity contribution in [2.75, 3.05) is 18.4 Å². The molecule has 1 amide bonds. The summed E-state index contributed by atoms with van der Waals surface area (Å²) in [6.07, 6.45) is 0.874. The second-order valence-electron chi connectivity index (χ2n) is 5.07. The van der Waals surface area contributed by atoms with Gasteiger partial charge in [-0.1, -0.05) is 18.2 Å². The molecule has 2 rings (SSSR count). The summed E-state index contributed by atoms with van der Waals surface area (Å²) in [7, 11) is 0. The van der Waals surface area contributed by atoms with Crippen molar-refractivity contribution < 1.29 is 4.79 Å². The predicted octanol–water partition coefficient (Wildman–Crippen LogP) is 2.12. The highest BCUT2D eigenvalue weighted by atomic mass is 16.1. The monoisotopic (exact) mass is 286 g/mol. The van der Waals surface area contributed by atoms with Crippen LogP contribution >= 0.6 is 0 Å². The van der Waals surface area contributed by atoms with Gasteiger partial charge in [0.1, 0.15) is 0 Å². The first-order valence-electron chi connectivity index (χ1n) is 7.22. The Kier molecular flexibility index (Phi) is 5.37. The number of hydrogen-bond donors (Lipinski definition) is 2. The first kappa shape index (κ1) is 15.1. The van der Waals surface area contributed by atoms with Crippen molar-refractivity contribution >= 4 is 11.6 Å². The molecule has 5 nitrogen and oxygen atoms in total. The van der Waals surface area contributed by atoms with Gasteiger partial charge in [0, 0.05) is 24.5 Å². The van der Waals surface area contributed by atoms with E-state index in [2.05, 4.69) is 21.8 Å². The molecule has 112 valence electrons. The minimum atomic E-state index is 0.00669. The molecule has 0 atom stereocenters. The predicted molar refractivity (Wildman–Crippen MR) is 84.3 cm³/mol. The van der Waals surface area contributed by atoms with E-state index in [0.29, 0.717) is 13.1 Å². The maximum atomic E-state index is 11.7. The van der Waals surface area contributed by atoms with Gasteiger partial charge in [-0.3, -0.25) is 9.48 Å². The van der Waals surface area contributed by atoms with Gasteiger partial charge >= 0.3 is 0 Å². The molecular weight excluding hydrogens is 264 g/mol. The van der Waals surface area contributed by atoms with E-state index < -0.39 is 0 Å². The Balaban J connectivity index is 1.62. The van der Waals surface area contributed by atoms with Gasteiger partial charge in [0.2, 0.25) is 5.91 Å². The Labute approximate surface area is 125 Å². The van der Waals surface area contributed by atoms with E-state index >= 15 is 0 Å². The fourth-order valence-corrected chi connectivity index (χ4v) is 2.16. The summed E-state index contributed by atoms with van der Waals surface area (Å²) >= 11 is 0. The van der Waals surface area contributed by atoms with Gasteiger partial charge in [-0.2, -0.15) is 5.10 Å².